The van der Waals surface area contributed by atoms with Crippen molar-refractivity contribution in [3.63, 3.8) is 0 Å². The van der Waals surface area contributed by atoms with Crippen LogP contribution in [0, 0.1) is 0 Å². The van der Waals surface area contributed by atoms with Gasteiger partial charge in [-0.15, -0.1) is 0 Å². The van der Waals surface area contributed by atoms with Gasteiger partial charge in [0, 0.05) is 11.6 Å². The second kappa shape index (κ2) is 6.43. The minimum atomic E-state index is -0.353. The summed E-state index contributed by atoms with van der Waals surface area (Å²) >= 11 is 5.93. The number of nitrogens with zero attached hydrogens (tertiary/aromatic N) is 2. The van der Waals surface area contributed by atoms with Crippen LogP contribution in [-0.2, 0) is 4.74 Å². The molecule has 7 heteroatoms. The molecular weight excluding hydrogens is 294 g/mol. The number of rotatable bonds is 4. The minimum Gasteiger partial charge on any atom is -0.481 e. The van der Waals surface area contributed by atoms with E-state index in [2.05, 4.69) is 15.5 Å². The van der Waals surface area contributed by atoms with Crippen molar-refractivity contribution in [3.05, 3.63) is 41.0 Å². The van der Waals surface area contributed by atoms with Gasteiger partial charge >= 0.3 is 0 Å². The quantitative estimate of drug-likeness (QED) is 0.936. The molecule has 1 aromatic heterocycles. The Bertz CT molecular complexity index is 599. The molecule has 0 saturated carbocycles. The lowest BCUT2D eigenvalue weighted by atomic mass is 10.2. The van der Waals surface area contributed by atoms with E-state index in [1.54, 1.807) is 12.1 Å². The number of nitrogens with one attached hydrogen (secondary N) is 1. The molecule has 112 valence electrons. The van der Waals surface area contributed by atoms with Gasteiger partial charge in [0.25, 0.3) is 5.89 Å². The van der Waals surface area contributed by atoms with Crippen LogP contribution in [0.4, 0.5) is 0 Å². The first-order valence-corrected chi connectivity index (χ1v) is 7.17. The van der Waals surface area contributed by atoms with Gasteiger partial charge in [0.2, 0.25) is 0 Å². The first-order chi connectivity index (χ1) is 10.2. The molecule has 6 nitrogen and oxygen atoms in total. The van der Waals surface area contributed by atoms with Crippen molar-refractivity contribution in [3.8, 4) is 5.75 Å². The second-order valence-corrected chi connectivity index (χ2v) is 5.23. The van der Waals surface area contributed by atoms with Crippen molar-refractivity contribution in [1.82, 2.24) is 15.5 Å². The molecule has 1 N–H and O–H groups in total. The van der Waals surface area contributed by atoms with Gasteiger partial charge in [0.05, 0.1) is 19.3 Å². The van der Waals surface area contributed by atoms with Crippen molar-refractivity contribution in [2.75, 3.05) is 19.8 Å². The van der Waals surface area contributed by atoms with Gasteiger partial charge in [-0.25, -0.2) is 0 Å². The molecule has 1 aliphatic heterocycles. The Hall–Kier alpha value is -1.63. The Morgan fingerprint density at radius 2 is 2.38 bits per heavy atom. The smallest absolute Gasteiger partial charge is 0.267 e. The van der Waals surface area contributed by atoms with E-state index in [9.17, 15) is 0 Å². The van der Waals surface area contributed by atoms with Crippen molar-refractivity contribution >= 4 is 11.6 Å². The molecule has 21 heavy (non-hydrogen) atoms. The summed E-state index contributed by atoms with van der Waals surface area (Å²) in [4.78, 5) is 4.37. The first-order valence-electron chi connectivity index (χ1n) is 6.79. The molecule has 0 spiro atoms. The van der Waals surface area contributed by atoms with Crippen molar-refractivity contribution < 1.29 is 14.0 Å². The van der Waals surface area contributed by atoms with Crippen LogP contribution in [0.1, 0.15) is 30.8 Å². The number of hydrogen-bond donors (Lipinski definition) is 1. The summed E-state index contributed by atoms with van der Waals surface area (Å²) in [6, 6.07) is 7.16. The molecule has 2 heterocycles. The number of benzene rings is 1. The van der Waals surface area contributed by atoms with Crippen LogP contribution in [0.5, 0.6) is 5.75 Å². The monoisotopic (exact) mass is 309 g/mol. The van der Waals surface area contributed by atoms with Crippen molar-refractivity contribution in [1.29, 1.82) is 0 Å². The Balaban J connectivity index is 1.67. The molecule has 0 bridgehead atoms. The summed E-state index contributed by atoms with van der Waals surface area (Å²) in [5, 5.41) is 7.88. The van der Waals surface area contributed by atoms with Gasteiger partial charge in [0.1, 0.15) is 5.75 Å². The summed E-state index contributed by atoms with van der Waals surface area (Å²) < 4.78 is 16.4. The summed E-state index contributed by atoms with van der Waals surface area (Å²) in [6.07, 6.45) is -0.353. The highest BCUT2D eigenvalue weighted by molar-refractivity contribution is 6.30. The lowest BCUT2D eigenvalue weighted by molar-refractivity contribution is 0.0734. The van der Waals surface area contributed by atoms with E-state index < -0.39 is 0 Å². The Morgan fingerprint density at radius 3 is 3.14 bits per heavy atom. The van der Waals surface area contributed by atoms with E-state index in [1.807, 2.05) is 19.1 Å². The van der Waals surface area contributed by atoms with E-state index in [1.165, 1.54) is 0 Å². The summed E-state index contributed by atoms with van der Waals surface area (Å²) in [6.45, 7) is 3.88. The zero-order valence-corrected chi connectivity index (χ0v) is 12.3. The molecule has 1 aromatic carbocycles. The average molecular weight is 310 g/mol. The maximum Gasteiger partial charge on any atom is 0.267 e. The van der Waals surface area contributed by atoms with E-state index in [0.717, 1.165) is 6.54 Å². The zero-order valence-electron chi connectivity index (χ0n) is 11.6. The van der Waals surface area contributed by atoms with E-state index >= 15 is 0 Å². The summed E-state index contributed by atoms with van der Waals surface area (Å²) in [5.41, 5.74) is 0. The predicted octanol–water partition coefficient (Wildman–Crippen LogP) is 2.52. The van der Waals surface area contributed by atoms with E-state index in [0.29, 0.717) is 35.7 Å². The highest BCUT2D eigenvalue weighted by Gasteiger charge is 2.23. The molecule has 0 radical (unpaired) electrons. The predicted molar refractivity (Wildman–Crippen MR) is 76.4 cm³/mol. The van der Waals surface area contributed by atoms with Gasteiger partial charge in [-0.1, -0.05) is 22.8 Å². The normalized spacial score (nSPS) is 20.2. The van der Waals surface area contributed by atoms with Crippen LogP contribution >= 0.6 is 11.6 Å². The third-order valence-corrected chi connectivity index (χ3v) is 3.38. The number of morpholine rings is 1. The van der Waals surface area contributed by atoms with Gasteiger partial charge in [-0.3, -0.25) is 0 Å². The fourth-order valence-corrected chi connectivity index (χ4v) is 2.26. The van der Waals surface area contributed by atoms with Crippen LogP contribution in [-0.4, -0.2) is 29.9 Å². The SMILES string of the molecule is CC(Oc1cccc(Cl)c1)c1nc(C2COCCN2)no1. The molecular formula is C14H16ClN3O3. The largest absolute Gasteiger partial charge is 0.481 e. The minimum absolute atomic E-state index is 0.0328. The molecule has 2 atom stereocenters. The standard InChI is InChI=1S/C14H16ClN3O3/c1-9(20-11-4-2-3-10(15)7-11)14-17-13(18-21-14)12-8-19-6-5-16-12/h2-4,7,9,12,16H,5-6,8H2,1H3. The fraction of sp³-hybridized carbons (Fsp3) is 0.429. The number of halogens is 1. The van der Waals surface area contributed by atoms with Crippen LogP contribution in [0.25, 0.3) is 0 Å². The van der Waals surface area contributed by atoms with Crippen LogP contribution in [0.3, 0.4) is 0 Å². The maximum absolute atomic E-state index is 5.93. The van der Waals surface area contributed by atoms with E-state index in [4.69, 9.17) is 25.6 Å². The molecule has 1 saturated heterocycles. The lowest BCUT2D eigenvalue weighted by Gasteiger charge is -2.20. The van der Waals surface area contributed by atoms with Gasteiger partial charge in [0.15, 0.2) is 11.9 Å². The number of hydrogen-bond acceptors (Lipinski definition) is 6. The number of ether oxygens (including phenoxy) is 2. The summed E-state index contributed by atoms with van der Waals surface area (Å²) in [7, 11) is 0. The zero-order chi connectivity index (χ0) is 14.7. The highest BCUT2D eigenvalue weighted by Crippen LogP contribution is 2.24. The molecule has 2 unspecified atom stereocenters. The highest BCUT2D eigenvalue weighted by atomic mass is 35.5. The summed E-state index contributed by atoms with van der Waals surface area (Å²) in [5.74, 6) is 1.68. The van der Waals surface area contributed by atoms with Crippen LogP contribution in [0.15, 0.2) is 28.8 Å². The molecule has 1 fully saturated rings. The van der Waals surface area contributed by atoms with E-state index in [-0.39, 0.29) is 12.1 Å². The molecule has 1 aliphatic rings. The fourth-order valence-electron chi connectivity index (χ4n) is 2.08. The molecule has 3 rings (SSSR count). The third kappa shape index (κ3) is 3.53. The van der Waals surface area contributed by atoms with Crippen molar-refractivity contribution in [2.24, 2.45) is 0 Å². The number of aromatic nitrogens is 2. The third-order valence-electron chi connectivity index (χ3n) is 3.15. The topological polar surface area (TPSA) is 69.4 Å². The molecule has 2 aromatic rings. The van der Waals surface area contributed by atoms with Gasteiger partial charge < -0.3 is 19.3 Å². The Kier molecular flexibility index (Phi) is 4.38. The van der Waals surface area contributed by atoms with Crippen LogP contribution < -0.4 is 10.1 Å². The van der Waals surface area contributed by atoms with Gasteiger partial charge in [-0.05, 0) is 25.1 Å². The first kappa shape index (κ1) is 14.3. The van der Waals surface area contributed by atoms with Gasteiger partial charge in [-0.2, -0.15) is 4.98 Å². The second-order valence-electron chi connectivity index (χ2n) is 4.79. The lowest BCUT2D eigenvalue weighted by Crippen LogP contribution is -2.35. The average Bonchev–Trinajstić information content (AvgIpc) is 2.98. The molecule has 0 aliphatic carbocycles. The Labute approximate surface area is 127 Å². The van der Waals surface area contributed by atoms with Crippen molar-refractivity contribution in [2.45, 2.75) is 19.1 Å². The van der Waals surface area contributed by atoms with Crippen LogP contribution in [0.2, 0.25) is 5.02 Å². The Morgan fingerprint density at radius 1 is 1.48 bits per heavy atom. The maximum atomic E-state index is 5.93. The molecule has 0 amide bonds.